The molecule has 0 bridgehead atoms. The highest BCUT2D eigenvalue weighted by Crippen LogP contribution is 2.24. The van der Waals surface area contributed by atoms with Crippen molar-refractivity contribution in [3.8, 4) is 0 Å². The van der Waals surface area contributed by atoms with Gasteiger partial charge in [0.25, 0.3) is 10.1 Å². The summed E-state index contributed by atoms with van der Waals surface area (Å²) >= 11 is 0. The normalized spacial score (nSPS) is 16.8. The van der Waals surface area contributed by atoms with E-state index in [1.165, 1.54) is 81.9 Å². The molecule has 1 saturated heterocycles. The third-order valence-corrected chi connectivity index (χ3v) is 6.32. The van der Waals surface area contributed by atoms with Gasteiger partial charge in [0.15, 0.2) is 5.37 Å². The van der Waals surface area contributed by atoms with Gasteiger partial charge in [0.1, 0.15) is 0 Å². The molecule has 0 aromatic heterocycles. The Hall–Kier alpha value is -0.620. The lowest BCUT2D eigenvalue weighted by atomic mass is 10.0. The Morgan fingerprint density at radius 2 is 1.19 bits per heavy atom. The molecule has 1 atom stereocenters. The summed E-state index contributed by atoms with van der Waals surface area (Å²) in [5.74, 6) is -0.151. The van der Waals surface area contributed by atoms with E-state index in [2.05, 4.69) is 6.92 Å². The van der Waals surface area contributed by atoms with Crippen LogP contribution < -0.4 is 0 Å². The molecule has 0 aromatic rings. The first kappa shape index (κ1) is 23.4. The molecule has 1 rings (SSSR count). The van der Waals surface area contributed by atoms with Gasteiger partial charge in [-0.3, -0.25) is 9.35 Å². The van der Waals surface area contributed by atoms with Crippen LogP contribution in [0.25, 0.3) is 0 Å². The molecule has 1 aliphatic heterocycles. The second kappa shape index (κ2) is 13.5. The topological polar surface area (TPSA) is 74.5 Å². The molecule has 0 saturated carbocycles. The van der Waals surface area contributed by atoms with Gasteiger partial charge in [0.2, 0.25) is 5.91 Å². The Labute approximate surface area is 160 Å². The van der Waals surface area contributed by atoms with Crippen molar-refractivity contribution < 1.29 is 17.8 Å². The largest absolute Gasteiger partial charge is 0.319 e. The van der Waals surface area contributed by atoms with Crippen LogP contribution in [0.15, 0.2) is 0 Å². The maximum atomic E-state index is 11.7. The van der Waals surface area contributed by atoms with E-state index in [9.17, 15) is 13.2 Å². The minimum absolute atomic E-state index is 0.149. The Balaban J connectivity index is 1.78. The molecule has 0 aromatic carbocycles. The van der Waals surface area contributed by atoms with E-state index in [0.29, 0.717) is 6.42 Å². The molecule has 0 radical (unpaired) electrons. The average Bonchev–Trinajstić information content (AvgIpc) is 3.39. The summed E-state index contributed by atoms with van der Waals surface area (Å²) in [6.07, 6.45) is 19.6. The Morgan fingerprint density at radius 3 is 1.54 bits per heavy atom. The molecule has 1 N–H and O–H groups in total. The van der Waals surface area contributed by atoms with Gasteiger partial charge in [-0.15, -0.1) is 0 Å². The van der Waals surface area contributed by atoms with Crippen molar-refractivity contribution in [2.24, 2.45) is 0 Å². The van der Waals surface area contributed by atoms with Gasteiger partial charge in [0, 0.05) is 6.42 Å². The lowest BCUT2D eigenvalue weighted by Crippen LogP contribution is -2.18. The summed E-state index contributed by atoms with van der Waals surface area (Å²) in [4.78, 5) is 13.0. The van der Waals surface area contributed by atoms with E-state index in [0.717, 1.165) is 19.3 Å². The highest BCUT2D eigenvalue weighted by Gasteiger charge is 2.47. The molecule has 1 aliphatic rings. The van der Waals surface area contributed by atoms with E-state index >= 15 is 0 Å². The lowest BCUT2D eigenvalue weighted by molar-refractivity contribution is -0.126. The van der Waals surface area contributed by atoms with Gasteiger partial charge < -0.3 is 4.90 Å². The molecule has 1 fully saturated rings. The van der Waals surface area contributed by atoms with Gasteiger partial charge >= 0.3 is 0 Å². The van der Waals surface area contributed by atoms with Crippen molar-refractivity contribution in [1.29, 1.82) is 0 Å². The first-order valence-corrected chi connectivity index (χ1v) is 12.2. The van der Waals surface area contributed by atoms with E-state index in [1.807, 2.05) is 0 Å². The van der Waals surface area contributed by atoms with Crippen molar-refractivity contribution in [2.45, 2.75) is 115 Å². The van der Waals surface area contributed by atoms with Gasteiger partial charge in [0.05, 0.1) is 6.54 Å². The number of carbonyl (C=O) groups excluding carboxylic acids is 1. The molecular weight excluding hydrogens is 350 g/mol. The van der Waals surface area contributed by atoms with Crippen LogP contribution in [0.4, 0.5) is 0 Å². The smallest absolute Gasteiger partial charge is 0.288 e. The summed E-state index contributed by atoms with van der Waals surface area (Å²) in [6, 6.07) is 0. The van der Waals surface area contributed by atoms with Crippen LogP contribution in [0.1, 0.15) is 110 Å². The van der Waals surface area contributed by atoms with Crippen molar-refractivity contribution in [3.05, 3.63) is 0 Å². The summed E-state index contributed by atoms with van der Waals surface area (Å²) in [6.45, 7) is 2.41. The average molecular weight is 390 g/mol. The summed E-state index contributed by atoms with van der Waals surface area (Å²) < 4.78 is 30.6. The highest BCUT2D eigenvalue weighted by molar-refractivity contribution is 7.86. The van der Waals surface area contributed by atoms with Gasteiger partial charge in [-0.1, -0.05) is 96.8 Å². The quantitative estimate of drug-likeness (QED) is 0.208. The fraction of sp³-hybridized carbons (Fsp3) is 0.950. The third kappa shape index (κ3) is 11.2. The molecule has 0 aliphatic carbocycles. The molecular formula is C20H39NO4S. The van der Waals surface area contributed by atoms with Crippen LogP contribution in [-0.2, 0) is 14.9 Å². The molecule has 1 unspecified atom stereocenters. The number of rotatable bonds is 17. The number of nitrogens with zero attached hydrogens (tertiary/aromatic N) is 1. The third-order valence-electron chi connectivity index (χ3n) is 5.23. The zero-order chi connectivity index (χ0) is 19.3. The van der Waals surface area contributed by atoms with Gasteiger partial charge in [-0.25, -0.2) is 0 Å². The second-order valence-electron chi connectivity index (χ2n) is 7.72. The van der Waals surface area contributed by atoms with Crippen LogP contribution in [0, 0.1) is 0 Å². The maximum absolute atomic E-state index is 11.7. The second-order valence-corrected chi connectivity index (χ2v) is 9.29. The number of hydrogen-bond donors (Lipinski definition) is 1. The van der Waals surface area contributed by atoms with Crippen LogP contribution in [0.3, 0.4) is 0 Å². The SMILES string of the molecule is CCCCCCCCCCCCCCCCCC(=O)N1CC1S(=O)(=O)O. The maximum Gasteiger partial charge on any atom is 0.288 e. The number of hydrogen-bond acceptors (Lipinski definition) is 3. The molecule has 1 amide bonds. The number of unbranched alkanes of at least 4 members (excludes halogenated alkanes) is 14. The van der Waals surface area contributed by atoms with Crippen molar-refractivity contribution in [3.63, 3.8) is 0 Å². The van der Waals surface area contributed by atoms with Crippen LogP contribution in [0.5, 0.6) is 0 Å². The van der Waals surface area contributed by atoms with E-state index in [1.54, 1.807) is 0 Å². The predicted octanol–water partition coefficient (Wildman–Crippen LogP) is 5.30. The Morgan fingerprint density at radius 1 is 0.808 bits per heavy atom. The standard InChI is InChI=1S/C20H39NO4S/c1-2-3-4-5-6-7-8-9-10-11-12-13-14-15-16-17-19(22)21-18-20(21)26(23,24)25/h20H,2-18H2,1H3,(H,23,24,25). The Kier molecular flexibility index (Phi) is 12.2. The van der Waals surface area contributed by atoms with E-state index < -0.39 is 15.5 Å². The number of amides is 1. The van der Waals surface area contributed by atoms with Gasteiger partial charge in [-0.05, 0) is 6.42 Å². The van der Waals surface area contributed by atoms with Crippen LogP contribution in [0.2, 0.25) is 0 Å². The summed E-state index contributed by atoms with van der Waals surface area (Å²) in [5, 5.41) is -0.980. The fourth-order valence-corrected chi connectivity index (χ4v) is 4.22. The highest BCUT2D eigenvalue weighted by atomic mass is 32.2. The lowest BCUT2D eigenvalue weighted by Gasteiger charge is -2.04. The van der Waals surface area contributed by atoms with Gasteiger partial charge in [-0.2, -0.15) is 8.42 Å². The first-order chi connectivity index (χ1) is 12.5. The molecule has 5 nitrogen and oxygen atoms in total. The zero-order valence-corrected chi connectivity index (χ0v) is 17.4. The minimum Gasteiger partial charge on any atom is -0.319 e. The zero-order valence-electron chi connectivity index (χ0n) is 16.6. The molecule has 0 spiro atoms. The summed E-state index contributed by atoms with van der Waals surface area (Å²) in [7, 11) is -4.08. The molecule has 1 heterocycles. The van der Waals surface area contributed by atoms with Crippen molar-refractivity contribution >= 4 is 16.0 Å². The Bertz CT molecular complexity index is 478. The minimum atomic E-state index is -4.08. The molecule has 154 valence electrons. The van der Waals surface area contributed by atoms with E-state index in [4.69, 9.17) is 4.55 Å². The monoisotopic (exact) mass is 389 g/mol. The predicted molar refractivity (Wildman–Crippen MR) is 107 cm³/mol. The van der Waals surface area contributed by atoms with E-state index in [-0.39, 0.29) is 12.5 Å². The fourth-order valence-electron chi connectivity index (χ4n) is 3.43. The number of carbonyl (C=O) groups is 1. The first-order valence-electron chi connectivity index (χ1n) is 10.7. The van der Waals surface area contributed by atoms with Crippen LogP contribution >= 0.6 is 0 Å². The van der Waals surface area contributed by atoms with Crippen molar-refractivity contribution in [1.82, 2.24) is 4.90 Å². The summed E-state index contributed by atoms with van der Waals surface area (Å²) in [5.41, 5.74) is 0. The van der Waals surface area contributed by atoms with Crippen molar-refractivity contribution in [2.75, 3.05) is 6.54 Å². The van der Waals surface area contributed by atoms with Crippen LogP contribution in [-0.4, -0.2) is 35.7 Å². The molecule has 6 heteroatoms. The molecule has 26 heavy (non-hydrogen) atoms.